The molecule has 4 nitrogen and oxygen atoms in total. The van der Waals surface area contributed by atoms with Gasteiger partial charge >= 0.3 is 12.3 Å². The number of alkyl halides is 4. The molecule has 2 aliphatic heterocycles. The molecule has 29 heavy (non-hydrogen) atoms. The fraction of sp³-hybridized carbons (Fsp3) is 0.650. The van der Waals surface area contributed by atoms with E-state index in [0.29, 0.717) is 37.2 Å². The predicted molar refractivity (Wildman–Crippen MR) is 98.2 cm³/mol. The highest BCUT2D eigenvalue weighted by Crippen LogP contribution is 2.34. The number of fused-ring (bicyclic) bond motifs is 1. The first-order chi connectivity index (χ1) is 13.8. The van der Waals surface area contributed by atoms with Crippen LogP contribution >= 0.6 is 0 Å². The van der Waals surface area contributed by atoms with Gasteiger partial charge in [0.05, 0.1) is 5.69 Å². The van der Waals surface area contributed by atoms with Gasteiger partial charge in [0.25, 0.3) is 5.91 Å². The van der Waals surface area contributed by atoms with Crippen molar-refractivity contribution in [3.63, 3.8) is 0 Å². The molecule has 0 bridgehead atoms. The second kappa shape index (κ2) is 9.28. The van der Waals surface area contributed by atoms with Crippen molar-refractivity contribution < 1.29 is 31.5 Å². The number of carbonyl (C=O) groups is 1. The number of hydrogen-bond donors (Lipinski definition) is 0. The minimum atomic E-state index is -3.90. The first kappa shape index (κ1) is 21.8. The third-order valence-corrected chi connectivity index (χ3v) is 5.63. The Labute approximate surface area is 166 Å². The van der Waals surface area contributed by atoms with E-state index in [0.717, 1.165) is 19.6 Å². The number of benzene rings is 1. The first-order valence-corrected chi connectivity index (χ1v) is 9.87. The van der Waals surface area contributed by atoms with Crippen LogP contribution in [0.25, 0.3) is 0 Å². The van der Waals surface area contributed by atoms with Crippen molar-refractivity contribution in [3.8, 4) is 5.75 Å². The van der Waals surface area contributed by atoms with Gasteiger partial charge in [-0.15, -0.1) is 0 Å². The molecule has 1 saturated heterocycles. The smallest absolute Gasteiger partial charge is 0.307 e. The molecule has 0 unspecified atom stereocenters. The van der Waals surface area contributed by atoms with Gasteiger partial charge in [-0.3, -0.25) is 4.79 Å². The van der Waals surface area contributed by atoms with E-state index in [-0.39, 0.29) is 24.9 Å². The highest BCUT2D eigenvalue weighted by atomic mass is 19.3. The monoisotopic (exact) mass is 420 g/mol. The molecule has 0 radical (unpaired) electrons. The molecule has 3 rings (SSSR count). The first-order valence-electron chi connectivity index (χ1n) is 9.87. The maximum absolute atomic E-state index is 13.3. The maximum atomic E-state index is 13.3. The van der Waals surface area contributed by atoms with Crippen molar-refractivity contribution in [1.29, 1.82) is 0 Å². The molecule has 0 aromatic heterocycles. The highest BCUT2D eigenvalue weighted by molar-refractivity contribution is 5.97. The number of ether oxygens (including phenoxy) is 1. The highest BCUT2D eigenvalue weighted by Gasteiger charge is 2.40. The number of halogens is 5. The van der Waals surface area contributed by atoms with Crippen LogP contribution in [0.2, 0.25) is 0 Å². The van der Waals surface area contributed by atoms with Gasteiger partial charge in [-0.2, -0.15) is 0 Å². The summed E-state index contributed by atoms with van der Waals surface area (Å²) in [5, 5.41) is 0. The summed E-state index contributed by atoms with van der Waals surface area (Å²) in [6.45, 7) is 2.54. The fourth-order valence-electron chi connectivity index (χ4n) is 3.88. The average Bonchev–Trinajstić information content (AvgIpc) is 2.69. The van der Waals surface area contributed by atoms with E-state index in [9.17, 15) is 26.7 Å². The lowest BCUT2D eigenvalue weighted by Gasteiger charge is -2.34. The van der Waals surface area contributed by atoms with Gasteiger partial charge in [-0.05, 0) is 63.4 Å². The summed E-state index contributed by atoms with van der Waals surface area (Å²) >= 11 is 0. The van der Waals surface area contributed by atoms with Crippen LogP contribution < -0.4 is 9.64 Å². The van der Waals surface area contributed by atoms with E-state index in [4.69, 9.17) is 4.74 Å². The summed E-state index contributed by atoms with van der Waals surface area (Å²) < 4.78 is 69.2. The Kier molecular flexibility index (Phi) is 6.97. The van der Waals surface area contributed by atoms with Gasteiger partial charge in [0, 0.05) is 19.0 Å². The van der Waals surface area contributed by atoms with Crippen molar-refractivity contribution in [2.75, 3.05) is 37.7 Å². The number of rotatable bonds is 8. The third kappa shape index (κ3) is 5.58. The van der Waals surface area contributed by atoms with Crippen molar-refractivity contribution in [3.05, 3.63) is 24.0 Å². The Morgan fingerprint density at radius 1 is 1.17 bits per heavy atom. The largest absolute Gasteiger partial charge is 0.481 e. The molecule has 1 amide bonds. The minimum absolute atomic E-state index is 0.0402. The zero-order valence-corrected chi connectivity index (χ0v) is 16.1. The number of nitrogens with zero attached hydrogens (tertiary/aromatic N) is 2. The molecule has 0 spiro atoms. The average molecular weight is 420 g/mol. The summed E-state index contributed by atoms with van der Waals surface area (Å²) in [5.41, 5.74) is 0.557. The van der Waals surface area contributed by atoms with Crippen LogP contribution in [0.15, 0.2) is 18.2 Å². The fourth-order valence-corrected chi connectivity index (χ4v) is 3.88. The molecule has 2 heterocycles. The third-order valence-electron chi connectivity index (χ3n) is 5.63. The molecular formula is C20H25F5N2O2. The van der Waals surface area contributed by atoms with Crippen molar-refractivity contribution in [1.82, 2.24) is 4.90 Å². The molecule has 0 aliphatic carbocycles. The van der Waals surface area contributed by atoms with Gasteiger partial charge in [0.15, 0.2) is 6.61 Å². The normalized spacial score (nSPS) is 18.8. The molecule has 1 aromatic carbocycles. The summed E-state index contributed by atoms with van der Waals surface area (Å²) in [7, 11) is 0. The lowest BCUT2D eigenvalue weighted by Crippen LogP contribution is -2.41. The van der Waals surface area contributed by atoms with Crippen molar-refractivity contribution in [2.45, 2.75) is 44.5 Å². The predicted octanol–water partition coefficient (Wildman–Crippen LogP) is 4.33. The number of likely N-dealkylation sites (tertiary alicyclic amines) is 1. The van der Waals surface area contributed by atoms with Crippen LogP contribution in [0.1, 0.15) is 32.1 Å². The van der Waals surface area contributed by atoms with Gasteiger partial charge < -0.3 is 14.5 Å². The number of carbonyl (C=O) groups excluding carboxylic acids is 1. The lowest BCUT2D eigenvalue weighted by molar-refractivity contribution is -0.135. The Bertz CT molecular complexity index is 708. The van der Waals surface area contributed by atoms with E-state index in [1.54, 1.807) is 4.90 Å². The standard InChI is InChI=1S/C20H25F5N2O2/c21-15-2-3-16-17(12-15)29-13-18(28)27(16)9-1-8-26-10-5-14(6-11-26)4-7-20(24,25)19(22)23/h2-3,12,14,19H,1,4-11,13H2. The molecule has 9 heteroatoms. The van der Waals surface area contributed by atoms with E-state index >= 15 is 0 Å². The van der Waals surface area contributed by atoms with Gasteiger partial charge in [0.2, 0.25) is 0 Å². The second-order valence-corrected chi connectivity index (χ2v) is 7.69. The Hall–Kier alpha value is -1.90. The summed E-state index contributed by atoms with van der Waals surface area (Å²) in [6.07, 6.45) is -2.14. The zero-order chi connectivity index (χ0) is 21.0. The van der Waals surface area contributed by atoms with E-state index in [1.807, 2.05) is 0 Å². The van der Waals surface area contributed by atoms with Crippen LogP contribution in [0, 0.1) is 11.7 Å². The van der Waals surface area contributed by atoms with Crippen LogP contribution in [0.4, 0.5) is 27.6 Å². The Morgan fingerprint density at radius 2 is 1.90 bits per heavy atom. The Balaban J connectivity index is 1.41. The van der Waals surface area contributed by atoms with Gasteiger partial charge in [0.1, 0.15) is 11.6 Å². The Morgan fingerprint density at radius 3 is 2.59 bits per heavy atom. The number of anilines is 1. The molecular weight excluding hydrogens is 395 g/mol. The second-order valence-electron chi connectivity index (χ2n) is 7.69. The quantitative estimate of drug-likeness (QED) is 0.587. The molecule has 1 aromatic rings. The molecule has 0 atom stereocenters. The molecule has 0 N–H and O–H groups in total. The molecule has 2 aliphatic rings. The van der Waals surface area contributed by atoms with Crippen molar-refractivity contribution in [2.24, 2.45) is 5.92 Å². The topological polar surface area (TPSA) is 32.8 Å². The van der Waals surface area contributed by atoms with Crippen molar-refractivity contribution >= 4 is 11.6 Å². The van der Waals surface area contributed by atoms with Gasteiger partial charge in [-0.1, -0.05) is 0 Å². The SMILES string of the molecule is O=C1COc2cc(F)ccc2N1CCCN1CCC(CCC(F)(F)C(F)F)CC1. The van der Waals surface area contributed by atoms with Crippen LogP contribution in [-0.2, 0) is 4.79 Å². The van der Waals surface area contributed by atoms with Crippen LogP contribution in [-0.4, -0.2) is 55.9 Å². The van der Waals surface area contributed by atoms with Crippen LogP contribution in [0.5, 0.6) is 5.75 Å². The summed E-state index contributed by atoms with van der Waals surface area (Å²) in [5.74, 6) is -4.11. The summed E-state index contributed by atoms with van der Waals surface area (Å²) in [4.78, 5) is 15.9. The molecule has 0 saturated carbocycles. The van der Waals surface area contributed by atoms with E-state index < -0.39 is 24.6 Å². The van der Waals surface area contributed by atoms with E-state index in [1.165, 1.54) is 18.2 Å². The minimum Gasteiger partial charge on any atom is -0.481 e. The lowest BCUT2D eigenvalue weighted by atomic mass is 9.91. The molecule has 1 fully saturated rings. The number of piperidine rings is 1. The molecule has 162 valence electrons. The number of amides is 1. The summed E-state index contributed by atoms with van der Waals surface area (Å²) in [6, 6.07) is 4.08. The zero-order valence-electron chi connectivity index (χ0n) is 16.1. The van der Waals surface area contributed by atoms with Crippen LogP contribution in [0.3, 0.4) is 0 Å². The van der Waals surface area contributed by atoms with Gasteiger partial charge in [-0.25, -0.2) is 22.0 Å². The number of hydrogen-bond acceptors (Lipinski definition) is 3. The van der Waals surface area contributed by atoms with E-state index in [2.05, 4.69) is 4.90 Å². The maximum Gasteiger partial charge on any atom is 0.307 e.